The molecule has 0 saturated heterocycles. The Morgan fingerprint density at radius 2 is 1.60 bits per heavy atom. The Bertz CT molecular complexity index is 471. The van der Waals surface area contributed by atoms with Crippen molar-refractivity contribution in [2.24, 2.45) is 11.8 Å². The van der Waals surface area contributed by atoms with Gasteiger partial charge < -0.3 is 9.47 Å². The molecule has 0 N–H and O–H groups in total. The van der Waals surface area contributed by atoms with Crippen LogP contribution in [0.2, 0.25) is 0 Å². The molecular weight excluding hydrogens is 308 g/mol. The van der Waals surface area contributed by atoms with Crippen LogP contribution in [0, 0.1) is 11.8 Å². The Kier molecular flexibility index (Phi) is 8.29. The van der Waals surface area contributed by atoms with Crippen molar-refractivity contribution in [1.29, 1.82) is 0 Å². The highest BCUT2D eigenvalue weighted by Crippen LogP contribution is 2.29. The van der Waals surface area contributed by atoms with E-state index in [-0.39, 0.29) is 6.29 Å². The van der Waals surface area contributed by atoms with Gasteiger partial charge in [-0.1, -0.05) is 66.0 Å². The molecule has 1 aromatic carbocycles. The molecule has 0 bridgehead atoms. The van der Waals surface area contributed by atoms with Crippen LogP contribution in [0.15, 0.2) is 24.3 Å². The summed E-state index contributed by atoms with van der Waals surface area (Å²) in [6.45, 7) is 11.2. The Balaban J connectivity index is 1.96. The fraction of sp³-hybridized carbons (Fsp3) is 0.739. The van der Waals surface area contributed by atoms with E-state index in [9.17, 15) is 0 Å². The first-order valence-electron chi connectivity index (χ1n) is 10.4. The zero-order valence-electron chi connectivity index (χ0n) is 17.0. The van der Waals surface area contributed by atoms with Crippen molar-refractivity contribution in [2.45, 2.75) is 97.9 Å². The van der Waals surface area contributed by atoms with E-state index in [0.29, 0.717) is 17.9 Å². The molecule has 1 aromatic rings. The summed E-state index contributed by atoms with van der Waals surface area (Å²) in [6.07, 6.45) is 8.95. The van der Waals surface area contributed by atoms with Crippen molar-refractivity contribution in [3.05, 3.63) is 29.8 Å². The lowest BCUT2D eigenvalue weighted by atomic mass is 9.88. The van der Waals surface area contributed by atoms with Crippen LogP contribution in [0.4, 0.5) is 0 Å². The van der Waals surface area contributed by atoms with E-state index >= 15 is 0 Å². The zero-order valence-corrected chi connectivity index (χ0v) is 17.0. The van der Waals surface area contributed by atoms with Crippen LogP contribution in [0.25, 0.3) is 0 Å². The van der Waals surface area contributed by atoms with Gasteiger partial charge in [0.1, 0.15) is 5.75 Å². The molecule has 0 aromatic heterocycles. The van der Waals surface area contributed by atoms with Gasteiger partial charge >= 0.3 is 0 Å². The van der Waals surface area contributed by atoms with Gasteiger partial charge in [-0.05, 0) is 55.2 Å². The molecule has 2 nitrogen and oxygen atoms in total. The molecule has 0 aliphatic heterocycles. The van der Waals surface area contributed by atoms with E-state index in [1.807, 2.05) is 0 Å². The number of hydrogen-bond donors (Lipinski definition) is 0. The van der Waals surface area contributed by atoms with E-state index < -0.39 is 0 Å². The monoisotopic (exact) mass is 346 g/mol. The average Bonchev–Trinajstić information content (AvgIpc) is 2.60. The SMILES string of the molecule is CCC(CC(C)C)c1ccc(OC(OC2CCCCC2)C(C)C)cc1. The maximum Gasteiger partial charge on any atom is 0.202 e. The van der Waals surface area contributed by atoms with Crippen LogP contribution in [0.1, 0.15) is 91.0 Å². The minimum atomic E-state index is -0.147. The number of rotatable bonds is 9. The summed E-state index contributed by atoms with van der Waals surface area (Å²) in [5, 5.41) is 0. The Labute approximate surface area is 155 Å². The third-order valence-electron chi connectivity index (χ3n) is 5.28. The maximum absolute atomic E-state index is 6.29. The molecule has 142 valence electrons. The second-order valence-corrected chi connectivity index (χ2v) is 8.43. The lowest BCUT2D eigenvalue weighted by Crippen LogP contribution is -2.32. The summed E-state index contributed by atoms with van der Waals surface area (Å²) in [6, 6.07) is 8.73. The fourth-order valence-electron chi connectivity index (χ4n) is 3.77. The van der Waals surface area contributed by atoms with Crippen LogP contribution in [-0.4, -0.2) is 12.4 Å². The van der Waals surface area contributed by atoms with Gasteiger partial charge in [0, 0.05) is 5.92 Å². The summed E-state index contributed by atoms with van der Waals surface area (Å²) in [5.74, 6) is 2.66. The molecule has 25 heavy (non-hydrogen) atoms. The van der Waals surface area contributed by atoms with Gasteiger partial charge in [-0.3, -0.25) is 0 Å². The molecule has 1 aliphatic carbocycles. The maximum atomic E-state index is 6.29. The first-order chi connectivity index (χ1) is 12.0. The van der Waals surface area contributed by atoms with Crippen LogP contribution in [0.5, 0.6) is 5.75 Å². The minimum absolute atomic E-state index is 0.147. The Morgan fingerprint density at radius 1 is 0.960 bits per heavy atom. The lowest BCUT2D eigenvalue weighted by molar-refractivity contribution is -0.150. The molecule has 0 heterocycles. The topological polar surface area (TPSA) is 18.5 Å². The Morgan fingerprint density at radius 3 is 2.12 bits per heavy atom. The van der Waals surface area contributed by atoms with Crippen LogP contribution in [0.3, 0.4) is 0 Å². The first kappa shape index (κ1) is 20.3. The molecule has 2 unspecified atom stereocenters. The van der Waals surface area contributed by atoms with E-state index in [1.165, 1.54) is 50.5 Å². The van der Waals surface area contributed by atoms with Crippen molar-refractivity contribution >= 4 is 0 Å². The predicted octanol–water partition coefficient (Wildman–Crippen LogP) is 6.94. The average molecular weight is 347 g/mol. The second-order valence-electron chi connectivity index (χ2n) is 8.43. The normalized spacial score (nSPS) is 18.5. The van der Waals surface area contributed by atoms with Gasteiger partial charge in [0.05, 0.1) is 6.10 Å². The summed E-state index contributed by atoms with van der Waals surface area (Å²) in [5.41, 5.74) is 1.43. The molecule has 1 saturated carbocycles. The molecule has 2 atom stereocenters. The van der Waals surface area contributed by atoms with Crippen LogP contribution < -0.4 is 4.74 Å². The highest BCUT2D eigenvalue weighted by molar-refractivity contribution is 5.29. The molecule has 1 fully saturated rings. The smallest absolute Gasteiger partial charge is 0.202 e. The van der Waals surface area contributed by atoms with E-state index in [0.717, 1.165) is 11.7 Å². The molecule has 1 aliphatic rings. The largest absolute Gasteiger partial charge is 0.465 e. The summed E-state index contributed by atoms with van der Waals surface area (Å²) >= 11 is 0. The van der Waals surface area contributed by atoms with E-state index in [4.69, 9.17) is 9.47 Å². The molecule has 2 heteroatoms. The van der Waals surface area contributed by atoms with Crippen molar-refractivity contribution in [1.82, 2.24) is 0 Å². The van der Waals surface area contributed by atoms with Gasteiger partial charge in [0.15, 0.2) is 0 Å². The van der Waals surface area contributed by atoms with Gasteiger partial charge in [-0.25, -0.2) is 0 Å². The van der Waals surface area contributed by atoms with Crippen molar-refractivity contribution in [3.63, 3.8) is 0 Å². The highest BCUT2D eigenvalue weighted by Gasteiger charge is 2.23. The van der Waals surface area contributed by atoms with Gasteiger partial charge in [-0.2, -0.15) is 0 Å². The first-order valence-corrected chi connectivity index (χ1v) is 10.4. The summed E-state index contributed by atoms with van der Waals surface area (Å²) < 4.78 is 12.5. The lowest BCUT2D eigenvalue weighted by Gasteiger charge is -2.30. The van der Waals surface area contributed by atoms with Crippen molar-refractivity contribution in [3.8, 4) is 5.75 Å². The highest BCUT2D eigenvalue weighted by atomic mass is 16.7. The number of benzene rings is 1. The van der Waals surface area contributed by atoms with Crippen LogP contribution >= 0.6 is 0 Å². The molecule has 0 spiro atoms. The van der Waals surface area contributed by atoms with Gasteiger partial charge in [-0.15, -0.1) is 0 Å². The third-order valence-corrected chi connectivity index (χ3v) is 5.28. The molecule has 0 radical (unpaired) electrons. The number of hydrogen-bond acceptors (Lipinski definition) is 2. The Hall–Kier alpha value is -1.02. The zero-order chi connectivity index (χ0) is 18.2. The molecule has 2 rings (SSSR count). The minimum Gasteiger partial charge on any atom is -0.465 e. The van der Waals surface area contributed by atoms with Gasteiger partial charge in [0.25, 0.3) is 0 Å². The van der Waals surface area contributed by atoms with E-state index in [1.54, 1.807) is 0 Å². The quantitative estimate of drug-likeness (QED) is 0.451. The van der Waals surface area contributed by atoms with Crippen LogP contribution in [-0.2, 0) is 4.74 Å². The second kappa shape index (κ2) is 10.2. The molecular formula is C23H38O2. The fourth-order valence-corrected chi connectivity index (χ4v) is 3.77. The summed E-state index contributed by atoms with van der Waals surface area (Å²) in [7, 11) is 0. The molecule has 0 amide bonds. The third kappa shape index (κ3) is 6.66. The van der Waals surface area contributed by atoms with Gasteiger partial charge in [0.2, 0.25) is 6.29 Å². The predicted molar refractivity (Wildman–Crippen MR) is 106 cm³/mol. The van der Waals surface area contributed by atoms with E-state index in [2.05, 4.69) is 58.9 Å². The van der Waals surface area contributed by atoms with Crippen molar-refractivity contribution < 1.29 is 9.47 Å². The standard InChI is InChI=1S/C23H38O2/c1-6-19(16-17(2)3)20-12-14-22(15-13-20)25-23(18(4)5)24-21-10-8-7-9-11-21/h12-15,17-19,21,23H,6-11,16H2,1-5H3. The summed E-state index contributed by atoms with van der Waals surface area (Å²) in [4.78, 5) is 0. The number of ether oxygens (including phenoxy) is 2. The van der Waals surface area contributed by atoms with Crippen molar-refractivity contribution in [2.75, 3.05) is 0 Å².